The van der Waals surface area contributed by atoms with Crippen LogP contribution in [-0.2, 0) is 4.79 Å². The number of ether oxygens (including phenoxy) is 1. The lowest BCUT2D eigenvalue weighted by atomic mass is 10.0. The first-order valence-corrected chi connectivity index (χ1v) is 8.66. The molecule has 0 saturated heterocycles. The third-order valence-corrected chi connectivity index (χ3v) is 4.09. The van der Waals surface area contributed by atoms with Crippen molar-refractivity contribution >= 4 is 17.4 Å². The molecule has 3 aromatic carbocycles. The van der Waals surface area contributed by atoms with Gasteiger partial charge in [-0.05, 0) is 67.6 Å². The summed E-state index contributed by atoms with van der Waals surface area (Å²) in [7, 11) is 0. The molecule has 0 radical (unpaired) electrons. The third kappa shape index (κ3) is 5.01. The molecule has 1 amide bonds. The second kappa shape index (κ2) is 8.60. The molecule has 1 atom stereocenters. The van der Waals surface area contributed by atoms with Crippen molar-refractivity contribution in [3.63, 3.8) is 0 Å². The van der Waals surface area contributed by atoms with Gasteiger partial charge in [-0.15, -0.1) is 0 Å². The van der Waals surface area contributed by atoms with Crippen molar-refractivity contribution < 1.29 is 27.5 Å². The van der Waals surface area contributed by atoms with Crippen LogP contribution < -0.4 is 10.1 Å². The summed E-state index contributed by atoms with van der Waals surface area (Å²) in [5, 5.41) is 2.26. The minimum atomic E-state index is -1.00. The highest BCUT2D eigenvalue weighted by Crippen LogP contribution is 2.19. The molecule has 0 bridgehead atoms. The van der Waals surface area contributed by atoms with Gasteiger partial charge in [0.1, 0.15) is 23.2 Å². The lowest BCUT2D eigenvalue weighted by molar-refractivity contribution is -0.122. The second-order valence-corrected chi connectivity index (χ2v) is 6.23. The average molecular weight is 399 g/mol. The van der Waals surface area contributed by atoms with Crippen molar-refractivity contribution in [3.8, 4) is 5.75 Å². The molecule has 1 unspecified atom stereocenters. The minimum Gasteiger partial charge on any atom is -0.481 e. The number of carbonyl (C=O) groups is 2. The number of carbonyl (C=O) groups excluding carboxylic acids is 2. The van der Waals surface area contributed by atoms with Crippen molar-refractivity contribution in [2.75, 3.05) is 5.32 Å². The number of hydrogen-bond acceptors (Lipinski definition) is 3. The highest BCUT2D eigenvalue weighted by atomic mass is 19.1. The van der Waals surface area contributed by atoms with Crippen LogP contribution in [0.5, 0.6) is 5.75 Å². The van der Waals surface area contributed by atoms with Gasteiger partial charge in [-0.25, -0.2) is 13.2 Å². The third-order valence-electron chi connectivity index (χ3n) is 4.09. The first-order valence-electron chi connectivity index (χ1n) is 8.66. The highest BCUT2D eigenvalue weighted by Gasteiger charge is 2.17. The molecule has 3 aromatic rings. The van der Waals surface area contributed by atoms with Crippen molar-refractivity contribution in [1.29, 1.82) is 0 Å². The van der Waals surface area contributed by atoms with E-state index in [0.717, 1.165) is 18.2 Å². The fourth-order valence-electron chi connectivity index (χ4n) is 2.54. The Morgan fingerprint density at radius 3 is 2.00 bits per heavy atom. The van der Waals surface area contributed by atoms with Crippen LogP contribution in [0.15, 0.2) is 66.7 Å². The molecule has 0 fully saturated rings. The molecule has 0 aliphatic rings. The lowest BCUT2D eigenvalue weighted by Gasteiger charge is -2.15. The maximum atomic E-state index is 13.6. The van der Waals surface area contributed by atoms with Gasteiger partial charge in [0.15, 0.2) is 11.9 Å². The summed E-state index contributed by atoms with van der Waals surface area (Å²) in [4.78, 5) is 24.5. The van der Waals surface area contributed by atoms with E-state index >= 15 is 0 Å². The number of nitrogens with one attached hydrogen (secondary N) is 1. The Labute approximate surface area is 164 Å². The van der Waals surface area contributed by atoms with E-state index in [9.17, 15) is 22.8 Å². The van der Waals surface area contributed by atoms with Crippen LogP contribution >= 0.6 is 0 Å². The maximum Gasteiger partial charge on any atom is 0.265 e. The summed E-state index contributed by atoms with van der Waals surface area (Å²) in [6.45, 7) is 1.45. The predicted molar refractivity (Wildman–Crippen MR) is 101 cm³/mol. The molecule has 4 nitrogen and oxygen atoms in total. The van der Waals surface area contributed by atoms with Crippen LogP contribution in [-0.4, -0.2) is 17.8 Å². The van der Waals surface area contributed by atoms with Crippen LogP contribution in [0, 0.1) is 17.5 Å². The number of amides is 1. The van der Waals surface area contributed by atoms with Crippen LogP contribution in [0.3, 0.4) is 0 Å². The summed E-state index contributed by atoms with van der Waals surface area (Å²) in [6, 6.07) is 13.9. The number of rotatable bonds is 6. The average Bonchev–Trinajstić information content (AvgIpc) is 2.71. The highest BCUT2D eigenvalue weighted by molar-refractivity contribution is 6.09. The zero-order chi connectivity index (χ0) is 21.0. The quantitative estimate of drug-likeness (QED) is 0.609. The van der Waals surface area contributed by atoms with Gasteiger partial charge in [0, 0.05) is 17.2 Å². The SMILES string of the molecule is CC(Oc1ccc(C(=O)c2ccc(F)cc2)cc1)C(=O)Nc1cc(F)ccc1F. The van der Waals surface area contributed by atoms with Gasteiger partial charge in [0.25, 0.3) is 5.91 Å². The van der Waals surface area contributed by atoms with Crippen LogP contribution in [0.2, 0.25) is 0 Å². The molecule has 0 aliphatic heterocycles. The van der Waals surface area contributed by atoms with E-state index in [4.69, 9.17) is 4.74 Å². The van der Waals surface area contributed by atoms with Gasteiger partial charge in [-0.1, -0.05) is 0 Å². The Balaban J connectivity index is 1.64. The Kier molecular flexibility index (Phi) is 5.97. The monoisotopic (exact) mass is 399 g/mol. The number of hydrogen-bond donors (Lipinski definition) is 1. The fourth-order valence-corrected chi connectivity index (χ4v) is 2.54. The van der Waals surface area contributed by atoms with Crippen molar-refractivity contribution in [2.45, 2.75) is 13.0 Å². The summed E-state index contributed by atoms with van der Waals surface area (Å²) in [6.07, 6.45) is -1.00. The first kappa shape index (κ1) is 20.1. The van der Waals surface area contributed by atoms with Crippen molar-refractivity contribution in [3.05, 3.63) is 95.3 Å². The number of anilines is 1. The second-order valence-electron chi connectivity index (χ2n) is 6.23. The van der Waals surface area contributed by atoms with E-state index in [0.29, 0.717) is 16.9 Å². The summed E-state index contributed by atoms with van der Waals surface area (Å²) in [5.74, 6) is -2.53. The molecule has 148 valence electrons. The number of benzene rings is 3. The van der Waals surface area contributed by atoms with Crippen molar-refractivity contribution in [1.82, 2.24) is 0 Å². The van der Waals surface area contributed by atoms with E-state index in [1.54, 1.807) is 0 Å². The van der Waals surface area contributed by atoms with E-state index in [-0.39, 0.29) is 11.5 Å². The summed E-state index contributed by atoms with van der Waals surface area (Å²) >= 11 is 0. The van der Waals surface area contributed by atoms with Gasteiger partial charge < -0.3 is 10.1 Å². The molecule has 0 spiro atoms. The molecule has 0 heterocycles. The molecule has 0 aromatic heterocycles. The van der Waals surface area contributed by atoms with Crippen molar-refractivity contribution in [2.24, 2.45) is 0 Å². The van der Waals surface area contributed by atoms with Gasteiger partial charge in [0.2, 0.25) is 0 Å². The summed E-state index contributed by atoms with van der Waals surface area (Å²) in [5.41, 5.74) is 0.415. The molecule has 1 N–H and O–H groups in total. The van der Waals surface area contributed by atoms with Crippen LogP contribution in [0.25, 0.3) is 0 Å². The molecule has 7 heteroatoms. The molecular weight excluding hydrogens is 383 g/mol. The Hall–Kier alpha value is -3.61. The maximum absolute atomic E-state index is 13.6. The minimum absolute atomic E-state index is 0.286. The van der Waals surface area contributed by atoms with Crippen LogP contribution in [0.4, 0.5) is 18.9 Å². The molecule has 0 aliphatic carbocycles. The first-order chi connectivity index (χ1) is 13.8. The van der Waals surface area contributed by atoms with E-state index in [2.05, 4.69) is 5.32 Å². The van der Waals surface area contributed by atoms with E-state index < -0.39 is 29.5 Å². The van der Waals surface area contributed by atoms with E-state index in [1.165, 1.54) is 55.5 Å². The largest absolute Gasteiger partial charge is 0.481 e. The Bertz CT molecular complexity index is 1030. The van der Waals surface area contributed by atoms with Gasteiger partial charge in [-0.3, -0.25) is 9.59 Å². The normalized spacial score (nSPS) is 11.6. The van der Waals surface area contributed by atoms with Gasteiger partial charge >= 0.3 is 0 Å². The van der Waals surface area contributed by atoms with Crippen LogP contribution in [0.1, 0.15) is 22.8 Å². The zero-order valence-corrected chi connectivity index (χ0v) is 15.3. The predicted octanol–water partition coefficient (Wildman–Crippen LogP) is 4.74. The van der Waals surface area contributed by atoms with Gasteiger partial charge in [-0.2, -0.15) is 0 Å². The smallest absolute Gasteiger partial charge is 0.265 e. The lowest BCUT2D eigenvalue weighted by Crippen LogP contribution is -2.30. The number of ketones is 1. The molecule has 0 saturated carbocycles. The van der Waals surface area contributed by atoms with E-state index in [1.807, 2.05) is 0 Å². The molecule has 3 rings (SSSR count). The fraction of sp³-hybridized carbons (Fsp3) is 0.0909. The standard InChI is InChI=1S/C22H16F3NO3/c1-13(22(28)26-20-12-17(24)8-11-19(20)25)29-18-9-4-15(5-10-18)21(27)14-2-6-16(23)7-3-14/h2-13H,1H3,(H,26,28). The topological polar surface area (TPSA) is 55.4 Å². The number of halogens is 3. The van der Waals surface area contributed by atoms with Gasteiger partial charge in [0.05, 0.1) is 5.69 Å². The zero-order valence-electron chi connectivity index (χ0n) is 15.3. The molecule has 29 heavy (non-hydrogen) atoms. The summed E-state index contributed by atoms with van der Waals surface area (Å²) < 4.78 is 45.3. The Morgan fingerprint density at radius 1 is 0.828 bits per heavy atom. The molecular formula is C22H16F3NO3. The Morgan fingerprint density at radius 2 is 1.38 bits per heavy atom.